The largest absolute Gasteiger partial charge is 0.384 e. The van der Waals surface area contributed by atoms with E-state index in [4.69, 9.17) is 0 Å². The molecule has 1 aliphatic heterocycles. The summed E-state index contributed by atoms with van der Waals surface area (Å²) >= 11 is 0. The van der Waals surface area contributed by atoms with Gasteiger partial charge in [0, 0.05) is 30.1 Å². The summed E-state index contributed by atoms with van der Waals surface area (Å²) in [4.78, 5) is 12.3. The molecule has 3 rings (SSSR count). The van der Waals surface area contributed by atoms with Crippen LogP contribution in [0.1, 0.15) is 33.8 Å². The Balaban J connectivity index is 1.79. The number of hydrogen-bond acceptors (Lipinski definition) is 2. The lowest BCUT2D eigenvalue weighted by Gasteiger charge is -2.09. The van der Waals surface area contributed by atoms with Gasteiger partial charge in [-0.1, -0.05) is 30.3 Å². The Kier molecular flexibility index (Phi) is 3.26. The molecule has 2 aromatic carbocycles. The maximum Gasteiger partial charge on any atom is 0.163 e. The van der Waals surface area contributed by atoms with Crippen molar-refractivity contribution in [1.82, 2.24) is 0 Å². The van der Waals surface area contributed by atoms with Gasteiger partial charge in [-0.05, 0) is 30.2 Å². The van der Waals surface area contributed by atoms with Crippen molar-refractivity contribution in [2.45, 2.75) is 19.3 Å². The van der Waals surface area contributed by atoms with E-state index in [2.05, 4.69) is 5.32 Å². The van der Waals surface area contributed by atoms with E-state index in [1.807, 2.05) is 24.3 Å². The number of anilines is 1. The standard InChI is InChI=1S/C17H16FNO/c1-11-6-7-12(8-15(11)18)17(20)9-13-10-19-16-5-3-2-4-14(13)16/h2-8,13,19H,9-10H2,1H3. The first-order valence-electron chi connectivity index (χ1n) is 6.77. The maximum atomic E-state index is 13.5. The van der Waals surface area contributed by atoms with Gasteiger partial charge in [0.15, 0.2) is 5.78 Å². The third-order valence-electron chi connectivity index (χ3n) is 3.87. The number of hydrogen-bond donors (Lipinski definition) is 1. The molecule has 0 saturated carbocycles. The monoisotopic (exact) mass is 269 g/mol. The Labute approximate surface area is 117 Å². The van der Waals surface area contributed by atoms with Gasteiger partial charge in [0.1, 0.15) is 5.82 Å². The van der Waals surface area contributed by atoms with Crippen molar-refractivity contribution >= 4 is 11.5 Å². The number of fused-ring (bicyclic) bond motifs is 1. The van der Waals surface area contributed by atoms with E-state index < -0.39 is 0 Å². The summed E-state index contributed by atoms with van der Waals surface area (Å²) in [5.74, 6) is -0.156. The van der Waals surface area contributed by atoms with Gasteiger partial charge in [-0.2, -0.15) is 0 Å². The quantitative estimate of drug-likeness (QED) is 0.856. The van der Waals surface area contributed by atoms with Crippen LogP contribution < -0.4 is 5.32 Å². The molecule has 2 aromatic rings. The third kappa shape index (κ3) is 2.31. The van der Waals surface area contributed by atoms with Crippen LogP contribution in [0.15, 0.2) is 42.5 Å². The number of carbonyl (C=O) groups excluding carboxylic acids is 1. The normalized spacial score (nSPS) is 16.6. The zero-order chi connectivity index (χ0) is 14.1. The van der Waals surface area contributed by atoms with Crippen LogP contribution in [-0.2, 0) is 0 Å². The molecule has 20 heavy (non-hydrogen) atoms. The highest BCUT2D eigenvalue weighted by atomic mass is 19.1. The third-order valence-corrected chi connectivity index (χ3v) is 3.87. The fraction of sp³-hybridized carbons (Fsp3) is 0.235. The molecule has 1 N–H and O–H groups in total. The number of aryl methyl sites for hydroxylation is 1. The van der Waals surface area contributed by atoms with Crippen LogP contribution in [0.2, 0.25) is 0 Å². The fourth-order valence-electron chi connectivity index (χ4n) is 2.65. The van der Waals surface area contributed by atoms with E-state index >= 15 is 0 Å². The number of halogens is 1. The molecule has 2 nitrogen and oxygen atoms in total. The zero-order valence-electron chi connectivity index (χ0n) is 11.3. The molecule has 0 bridgehead atoms. The summed E-state index contributed by atoms with van der Waals surface area (Å²) in [6.45, 7) is 2.46. The summed E-state index contributed by atoms with van der Waals surface area (Å²) in [5.41, 5.74) is 3.29. The van der Waals surface area contributed by atoms with Gasteiger partial charge in [0.05, 0.1) is 0 Å². The zero-order valence-corrected chi connectivity index (χ0v) is 11.3. The van der Waals surface area contributed by atoms with Gasteiger partial charge in [-0.25, -0.2) is 4.39 Å². The van der Waals surface area contributed by atoms with E-state index in [9.17, 15) is 9.18 Å². The first kappa shape index (κ1) is 12.9. The lowest BCUT2D eigenvalue weighted by Crippen LogP contribution is -2.10. The van der Waals surface area contributed by atoms with Crippen molar-refractivity contribution in [3.05, 3.63) is 65.0 Å². The second kappa shape index (κ2) is 5.08. The van der Waals surface area contributed by atoms with Crippen molar-refractivity contribution in [2.24, 2.45) is 0 Å². The van der Waals surface area contributed by atoms with Gasteiger partial charge < -0.3 is 5.32 Å². The highest BCUT2D eigenvalue weighted by molar-refractivity contribution is 5.97. The summed E-state index contributed by atoms with van der Waals surface area (Å²) in [7, 11) is 0. The highest BCUT2D eigenvalue weighted by Gasteiger charge is 2.24. The SMILES string of the molecule is Cc1ccc(C(=O)CC2CNc3ccccc32)cc1F. The number of Topliss-reactive ketones (excluding diaryl/α,β-unsaturated/α-hetero) is 1. The number of nitrogens with one attached hydrogen (secondary N) is 1. The average Bonchev–Trinajstić information content (AvgIpc) is 2.85. The first-order chi connectivity index (χ1) is 9.65. The topological polar surface area (TPSA) is 29.1 Å². The minimum Gasteiger partial charge on any atom is -0.384 e. The van der Waals surface area contributed by atoms with Crippen LogP contribution in [-0.4, -0.2) is 12.3 Å². The summed E-state index contributed by atoms with van der Waals surface area (Å²) in [6, 6.07) is 12.7. The molecular weight excluding hydrogens is 253 g/mol. The lowest BCUT2D eigenvalue weighted by molar-refractivity contribution is 0.0975. The van der Waals surface area contributed by atoms with E-state index in [1.54, 1.807) is 19.1 Å². The van der Waals surface area contributed by atoms with Gasteiger partial charge in [-0.3, -0.25) is 4.79 Å². The van der Waals surface area contributed by atoms with Crippen LogP contribution in [0, 0.1) is 12.7 Å². The number of ketones is 1. The summed E-state index contributed by atoms with van der Waals surface area (Å²) in [5, 5.41) is 3.30. The minimum absolute atomic E-state index is 0.00703. The molecule has 1 unspecified atom stereocenters. The van der Waals surface area contributed by atoms with Gasteiger partial charge >= 0.3 is 0 Å². The Morgan fingerprint density at radius 3 is 2.90 bits per heavy atom. The minimum atomic E-state index is -0.319. The molecule has 0 saturated heterocycles. The summed E-state index contributed by atoms with van der Waals surface area (Å²) in [6.07, 6.45) is 0.409. The number of rotatable bonds is 3. The van der Waals surface area contributed by atoms with Crippen molar-refractivity contribution < 1.29 is 9.18 Å². The van der Waals surface area contributed by atoms with Gasteiger partial charge in [-0.15, -0.1) is 0 Å². The molecular formula is C17H16FNO. The van der Waals surface area contributed by atoms with E-state index in [0.717, 1.165) is 12.2 Å². The van der Waals surface area contributed by atoms with Crippen molar-refractivity contribution in [3.8, 4) is 0 Å². The smallest absolute Gasteiger partial charge is 0.163 e. The predicted molar refractivity (Wildman–Crippen MR) is 77.8 cm³/mol. The van der Waals surface area contributed by atoms with E-state index in [1.165, 1.54) is 11.6 Å². The summed E-state index contributed by atoms with van der Waals surface area (Å²) < 4.78 is 13.5. The average molecular weight is 269 g/mol. The van der Waals surface area contributed by atoms with Gasteiger partial charge in [0.25, 0.3) is 0 Å². The molecule has 1 atom stereocenters. The van der Waals surface area contributed by atoms with Crippen LogP contribution >= 0.6 is 0 Å². The Morgan fingerprint density at radius 1 is 1.30 bits per heavy atom. The second-order valence-corrected chi connectivity index (χ2v) is 5.26. The number of benzene rings is 2. The van der Waals surface area contributed by atoms with Crippen molar-refractivity contribution in [3.63, 3.8) is 0 Å². The molecule has 0 radical (unpaired) electrons. The van der Waals surface area contributed by atoms with Crippen LogP contribution in [0.25, 0.3) is 0 Å². The van der Waals surface area contributed by atoms with Gasteiger partial charge in [0.2, 0.25) is 0 Å². The lowest BCUT2D eigenvalue weighted by atomic mass is 9.93. The fourth-order valence-corrected chi connectivity index (χ4v) is 2.65. The highest BCUT2D eigenvalue weighted by Crippen LogP contribution is 2.34. The number of para-hydroxylation sites is 1. The van der Waals surface area contributed by atoms with Crippen molar-refractivity contribution in [1.29, 1.82) is 0 Å². The predicted octanol–water partition coefficient (Wildman–Crippen LogP) is 3.92. The Bertz CT molecular complexity index is 666. The van der Waals surface area contributed by atoms with Crippen LogP contribution in [0.5, 0.6) is 0 Å². The molecule has 0 aromatic heterocycles. The van der Waals surface area contributed by atoms with Crippen LogP contribution in [0.3, 0.4) is 0 Å². The molecule has 0 aliphatic carbocycles. The molecule has 3 heteroatoms. The van der Waals surface area contributed by atoms with Crippen molar-refractivity contribution in [2.75, 3.05) is 11.9 Å². The molecule has 1 aliphatic rings. The molecule has 0 fully saturated rings. The molecule has 1 heterocycles. The molecule has 0 spiro atoms. The van der Waals surface area contributed by atoms with Crippen LogP contribution in [0.4, 0.5) is 10.1 Å². The molecule has 102 valence electrons. The van der Waals surface area contributed by atoms with E-state index in [-0.39, 0.29) is 17.5 Å². The Morgan fingerprint density at radius 2 is 2.10 bits per heavy atom. The number of carbonyl (C=O) groups is 1. The van der Waals surface area contributed by atoms with E-state index in [0.29, 0.717) is 17.5 Å². The molecule has 0 amide bonds. The first-order valence-corrected chi connectivity index (χ1v) is 6.77. The maximum absolute atomic E-state index is 13.5. The second-order valence-electron chi connectivity index (χ2n) is 5.26. The Hall–Kier alpha value is -2.16.